The van der Waals surface area contributed by atoms with Gasteiger partial charge in [-0.15, -0.1) is 0 Å². The van der Waals surface area contributed by atoms with Gasteiger partial charge in [0.1, 0.15) is 6.54 Å². The van der Waals surface area contributed by atoms with Crippen LogP contribution in [0.1, 0.15) is 12.5 Å². The Morgan fingerprint density at radius 3 is 2.58 bits per heavy atom. The van der Waals surface area contributed by atoms with E-state index >= 15 is 0 Å². The summed E-state index contributed by atoms with van der Waals surface area (Å²) in [7, 11) is 2.00. The van der Waals surface area contributed by atoms with E-state index in [1.54, 1.807) is 18.2 Å². The van der Waals surface area contributed by atoms with Crippen molar-refractivity contribution >= 4 is 22.6 Å². The maximum Gasteiger partial charge on any atom is 0.323 e. The van der Waals surface area contributed by atoms with Gasteiger partial charge in [0.25, 0.3) is 5.91 Å². The smallest absolute Gasteiger partial charge is 0.323 e. The van der Waals surface area contributed by atoms with E-state index in [0.717, 1.165) is 17.0 Å². The molecule has 4 N–H and O–H groups in total. The molecule has 1 amide bonds. The number of rotatable bonds is 5. The van der Waals surface area contributed by atoms with Gasteiger partial charge in [0.2, 0.25) is 0 Å². The van der Waals surface area contributed by atoms with Crippen LogP contribution in [-0.2, 0) is 11.3 Å². The Hall–Kier alpha value is -2.86. The maximum absolute atomic E-state index is 12.5. The van der Waals surface area contributed by atoms with Crippen LogP contribution in [0.4, 0.5) is 5.69 Å². The predicted octanol–water partition coefficient (Wildman–Crippen LogP) is 0.898. The van der Waals surface area contributed by atoms with Crippen molar-refractivity contribution in [1.82, 2.24) is 9.97 Å². The van der Waals surface area contributed by atoms with Crippen molar-refractivity contribution < 1.29 is 9.69 Å². The Kier molecular flexibility index (Phi) is 4.48. The second-order valence-corrected chi connectivity index (χ2v) is 6.06. The number of benzene rings is 2. The molecule has 6 heteroatoms. The summed E-state index contributed by atoms with van der Waals surface area (Å²) < 4.78 is 0. The number of amides is 1. The third kappa shape index (κ3) is 3.55. The van der Waals surface area contributed by atoms with Gasteiger partial charge in [-0.25, -0.2) is 4.79 Å². The first kappa shape index (κ1) is 16.0. The molecule has 0 aliphatic rings. The van der Waals surface area contributed by atoms with Gasteiger partial charge in [0.05, 0.1) is 18.1 Å². The average molecular weight is 325 g/mol. The molecule has 1 heterocycles. The van der Waals surface area contributed by atoms with Gasteiger partial charge in [0, 0.05) is 11.3 Å². The molecule has 0 fully saturated rings. The van der Waals surface area contributed by atoms with E-state index in [0.29, 0.717) is 11.2 Å². The molecule has 6 nitrogen and oxygen atoms in total. The third-order valence-electron chi connectivity index (χ3n) is 4.24. The first-order chi connectivity index (χ1) is 11.5. The predicted molar refractivity (Wildman–Crippen MR) is 94.0 cm³/mol. The number of carbonyl (C=O) groups is 1. The fourth-order valence-corrected chi connectivity index (χ4v) is 2.66. The molecule has 0 radical (unpaired) electrons. The number of aromatic amines is 2. The van der Waals surface area contributed by atoms with Crippen molar-refractivity contribution in [1.29, 1.82) is 0 Å². The van der Waals surface area contributed by atoms with Crippen LogP contribution >= 0.6 is 0 Å². The summed E-state index contributed by atoms with van der Waals surface area (Å²) in [5.74, 6) is -0.0549. The second-order valence-electron chi connectivity index (χ2n) is 6.06. The SMILES string of the molecule is C[C@@H](C(=O)Nc1ccc2[nH]c(=O)[nH]c2c1)[NH+](C)Cc1ccccc1. The molecule has 0 saturated heterocycles. The molecule has 0 aliphatic heterocycles. The van der Waals surface area contributed by atoms with E-state index in [-0.39, 0.29) is 17.6 Å². The van der Waals surface area contributed by atoms with Crippen molar-refractivity contribution in [3.63, 3.8) is 0 Å². The van der Waals surface area contributed by atoms with Gasteiger partial charge in [-0.1, -0.05) is 30.3 Å². The third-order valence-corrected chi connectivity index (χ3v) is 4.24. The molecular weight excluding hydrogens is 304 g/mol. The number of fused-ring (bicyclic) bond motifs is 1. The number of aromatic nitrogens is 2. The first-order valence-electron chi connectivity index (χ1n) is 7.92. The lowest BCUT2D eigenvalue weighted by atomic mass is 10.2. The molecule has 1 unspecified atom stereocenters. The lowest BCUT2D eigenvalue weighted by molar-refractivity contribution is -0.907. The number of nitrogens with one attached hydrogen (secondary N) is 4. The lowest BCUT2D eigenvalue weighted by Crippen LogP contribution is -3.12. The largest absolute Gasteiger partial charge is 0.324 e. The van der Waals surface area contributed by atoms with Crippen LogP contribution in [0.15, 0.2) is 53.3 Å². The molecule has 2 aromatic carbocycles. The van der Waals surface area contributed by atoms with E-state index in [1.165, 1.54) is 5.56 Å². The highest BCUT2D eigenvalue weighted by Gasteiger charge is 2.22. The molecule has 0 bridgehead atoms. The number of imidazole rings is 1. The Morgan fingerprint density at radius 1 is 1.12 bits per heavy atom. The number of likely N-dealkylation sites (N-methyl/N-ethyl adjacent to an activating group) is 1. The topological polar surface area (TPSA) is 82.2 Å². The molecular formula is C18H21N4O2+. The van der Waals surface area contributed by atoms with Crippen LogP contribution in [0.5, 0.6) is 0 Å². The zero-order valence-electron chi connectivity index (χ0n) is 13.7. The van der Waals surface area contributed by atoms with Crippen molar-refractivity contribution in [3.05, 3.63) is 64.6 Å². The Balaban J connectivity index is 1.67. The Labute approximate surface area is 139 Å². The van der Waals surface area contributed by atoms with Crippen LogP contribution in [-0.4, -0.2) is 29.0 Å². The molecule has 3 rings (SSSR count). The van der Waals surface area contributed by atoms with Gasteiger partial charge >= 0.3 is 5.69 Å². The highest BCUT2D eigenvalue weighted by molar-refractivity contribution is 5.95. The number of carbonyl (C=O) groups excluding carboxylic acids is 1. The summed E-state index contributed by atoms with van der Waals surface area (Å²) in [6.07, 6.45) is 0. The minimum atomic E-state index is -0.256. The molecule has 2 atom stereocenters. The van der Waals surface area contributed by atoms with Gasteiger partial charge in [-0.2, -0.15) is 0 Å². The van der Waals surface area contributed by atoms with E-state index in [2.05, 4.69) is 27.4 Å². The van der Waals surface area contributed by atoms with E-state index in [1.807, 2.05) is 32.2 Å². The number of hydrogen-bond donors (Lipinski definition) is 4. The Morgan fingerprint density at radius 2 is 1.83 bits per heavy atom. The van der Waals surface area contributed by atoms with Gasteiger partial charge in [0.15, 0.2) is 6.04 Å². The van der Waals surface area contributed by atoms with E-state index in [4.69, 9.17) is 0 Å². The number of hydrogen-bond acceptors (Lipinski definition) is 2. The Bertz CT molecular complexity index is 898. The molecule has 0 aliphatic carbocycles. The normalized spacial score (nSPS) is 13.6. The zero-order chi connectivity index (χ0) is 17.1. The van der Waals surface area contributed by atoms with Crippen LogP contribution < -0.4 is 15.9 Å². The van der Waals surface area contributed by atoms with Crippen LogP contribution in [0.3, 0.4) is 0 Å². The van der Waals surface area contributed by atoms with Crippen molar-refractivity contribution in [2.45, 2.75) is 19.5 Å². The molecule has 24 heavy (non-hydrogen) atoms. The highest BCUT2D eigenvalue weighted by Crippen LogP contribution is 2.14. The minimum absolute atomic E-state index is 0.0549. The monoisotopic (exact) mass is 325 g/mol. The minimum Gasteiger partial charge on any atom is -0.324 e. The second kappa shape index (κ2) is 6.72. The van der Waals surface area contributed by atoms with Crippen LogP contribution in [0.2, 0.25) is 0 Å². The molecule has 0 saturated carbocycles. The average Bonchev–Trinajstić information content (AvgIpc) is 2.94. The number of quaternary nitrogens is 1. The summed E-state index contributed by atoms with van der Waals surface area (Å²) in [5, 5.41) is 2.91. The lowest BCUT2D eigenvalue weighted by Gasteiger charge is -2.21. The van der Waals surface area contributed by atoms with Crippen LogP contribution in [0.25, 0.3) is 11.0 Å². The van der Waals surface area contributed by atoms with E-state index in [9.17, 15) is 9.59 Å². The summed E-state index contributed by atoms with van der Waals surface area (Å²) in [5.41, 5.74) is 3.00. The van der Waals surface area contributed by atoms with Crippen molar-refractivity contribution in [2.75, 3.05) is 12.4 Å². The summed E-state index contributed by atoms with van der Waals surface area (Å²) >= 11 is 0. The van der Waals surface area contributed by atoms with Crippen LogP contribution in [0, 0.1) is 0 Å². The quantitative estimate of drug-likeness (QED) is 0.562. The molecule has 0 spiro atoms. The summed E-state index contributed by atoms with van der Waals surface area (Å²) in [6.45, 7) is 2.68. The summed E-state index contributed by atoms with van der Waals surface area (Å²) in [4.78, 5) is 30.2. The van der Waals surface area contributed by atoms with Crippen molar-refractivity contribution in [2.24, 2.45) is 0 Å². The first-order valence-corrected chi connectivity index (χ1v) is 7.92. The molecule has 1 aromatic heterocycles. The van der Waals surface area contributed by atoms with E-state index < -0.39 is 0 Å². The van der Waals surface area contributed by atoms with Crippen molar-refractivity contribution in [3.8, 4) is 0 Å². The molecule has 124 valence electrons. The maximum atomic E-state index is 12.5. The number of H-pyrrole nitrogens is 2. The fraction of sp³-hybridized carbons (Fsp3) is 0.222. The summed E-state index contributed by atoms with van der Waals surface area (Å²) in [6, 6.07) is 15.2. The highest BCUT2D eigenvalue weighted by atomic mass is 16.2. The van der Waals surface area contributed by atoms with Gasteiger partial charge < -0.3 is 20.2 Å². The standard InChI is InChI=1S/C18H20N4O2/c1-12(22(2)11-13-6-4-3-5-7-13)17(23)19-14-8-9-15-16(10-14)21-18(24)20-15/h3-10,12H,11H2,1-2H3,(H,19,23)(H2,20,21,24)/p+1/t12-/m0/s1. The zero-order valence-corrected chi connectivity index (χ0v) is 13.7. The van der Waals surface area contributed by atoms with Gasteiger partial charge in [-0.05, 0) is 25.1 Å². The molecule has 3 aromatic rings. The van der Waals surface area contributed by atoms with Gasteiger partial charge in [-0.3, -0.25) is 4.79 Å². The fourth-order valence-electron chi connectivity index (χ4n) is 2.66. The number of anilines is 1.